The van der Waals surface area contributed by atoms with Gasteiger partial charge in [0.05, 0.1) is 6.04 Å². The lowest BCUT2D eigenvalue weighted by Gasteiger charge is -2.22. The minimum atomic E-state index is -0.235. The van der Waals surface area contributed by atoms with Gasteiger partial charge >= 0.3 is 6.03 Å². The number of rotatable bonds is 5. The van der Waals surface area contributed by atoms with E-state index in [-0.39, 0.29) is 12.1 Å². The van der Waals surface area contributed by atoms with Gasteiger partial charge in [0.2, 0.25) is 0 Å². The molecule has 0 aliphatic carbocycles. The summed E-state index contributed by atoms with van der Waals surface area (Å²) >= 11 is 0. The van der Waals surface area contributed by atoms with Crippen LogP contribution in [-0.2, 0) is 4.74 Å². The van der Waals surface area contributed by atoms with Crippen molar-refractivity contribution in [3.05, 3.63) is 59.8 Å². The summed E-state index contributed by atoms with van der Waals surface area (Å²) in [5.74, 6) is 1.04. The Morgan fingerprint density at radius 3 is 2.79 bits per heavy atom. The van der Waals surface area contributed by atoms with E-state index in [4.69, 9.17) is 4.74 Å². The van der Waals surface area contributed by atoms with Crippen LogP contribution in [0.15, 0.2) is 48.5 Å². The first kappa shape index (κ1) is 16.5. The lowest BCUT2D eigenvalue weighted by Crippen LogP contribution is -2.34. The molecule has 1 aliphatic heterocycles. The molecule has 5 nitrogen and oxygen atoms in total. The topological polar surface area (TPSA) is 63.2 Å². The first-order valence-corrected chi connectivity index (χ1v) is 8.34. The molecular weight excluding hydrogens is 302 g/mol. The summed E-state index contributed by atoms with van der Waals surface area (Å²) < 4.78 is 5.47. The second kappa shape index (κ2) is 7.93. The Labute approximate surface area is 142 Å². The van der Waals surface area contributed by atoms with Crippen LogP contribution in [-0.4, -0.2) is 24.2 Å². The summed E-state index contributed by atoms with van der Waals surface area (Å²) in [6, 6.07) is 15.4. The molecule has 126 valence electrons. The number of ether oxygens (including phenoxy) is 1. The second-order valence-corrected chi connectivity index (χ2v) is 6.19. The standard InChI is InChI=1S/C19H23N3O2/c1-14-6-5-9-18(20-14)22-19(23)21-17(12-15-10-11-24-13-15)16-7-3-2-4-8-16/h2-9,15,17H,10-13H2,1H3,(H2,20,21,22,23)/t15-,17+/m1/s1. The zero-order valence-corrected chi connectivity index (χ0v) is 13.9. The first-order valence-electron chi connectivity index (χ1n) is 8.34. The maximum atomic E-state index is 12.4. The van der Waals surface area contributed by atoms with Gasteiger partial charge in [-0.25, -0.2) is 9.78 Å². The Balaban J connectivity index is 1.67. The van der Waals surface area contributed by atoms with Crippen LogP contribution in [0, 0.1) is 12.8 Å². The minimum absolute atomic E-state index is 0.0392. The number of amides is 2. The number of benzene rings is 1. The van der Waals surface area contributed by atoms with Crippen molar-refractivity contribution in [2.24, 2.45) is 5.92 Å². The average Bonchev–Trinajstić information content (AvgIpc) is 3.08. The fraction of sp³-hybridized carbons (Fsp3) is 0.368. The Morgan fingerprint density at radius 2 is 2.08 bits per heavy atom. The monoisotopic (exact) mass is 325 g/mol. The minimum Gasteiger partial charge on any atom is -0.381 e. The molecule has 3 rings (SSSR count). The lowest BCUT2D eigenvalue weighted by molar-refractivity contribution is 0.181. The normalized spacial score (nSPS) is 18.1. The smallest absolute Gasteiger partial charge is 0.320 e. The van der Waals surface area contributed by atoms with Gasteiger partial charge in [-0.05, 0) is 43.4 Å². The van der Waals surface area contributed by atoms with Gasteiger partial charge in [-0.15, -0.1) is 0 Å². The number of aryl methyl sites for hydroxylation is 1. The van der Waals surface area contributed by atoms with E-state index >= 15 is 0 Å². The number of carbonyl (C=O) groups excluding carboxylic acids is 1. The van der Waals surface area contributed by atoms with E-state index in [0.29, 0.717) is 11.7 Å². The fourth-order valence-corrected chi connectivity index (χ4v) is 2.99. The molecule has 1 aromatic heterocycles. The van der Waals surface area contributed by atoms with Gasteiger partial charge in [0.1, 0.15) is 5.82 Å². The van der Waals surface area contributed by atoms with Crippen LogP contribution in [0.3, 0.4) is 0 Å². The second-order valence-electron chi connectivity index (χ2n) is 6.19. The highest BCUT2D eigenvalue weighted by Gasteiger charge is 2.23. The zero-order valence-electron chi connectivity index (χ0n) is 13.9. The van der Waals surface area contributed by atoms with Gasteiger partial charge in [0.15, 0.2) is 0 Å². The highest BCUT2D eigenvalue weighted by Crippen LogP contribution is 2.26. The molecule has 2 amide bonds. The molecule has 0 radical (unpaired) electrons. The SMILES string of the molecule is Cc1cccc(NC(=O)N[C@@H](C[C@H]2CCOC2)c2ccccc2)n1. The lowest BCUT2D eigenvalue weighted by atomic mass is 9.94. The molecule has 2 N–H and O–H groups in total. The van der Waals surface area contributed by atoms with Gasteiger partial charge in [0, 0.05) is 18.9 Å². The van der Waals surface area contributed by atoms with Crippen molar-refractivity contribution < 1.29 is 9.53 Å². The molecule has 0 saturated carbocycles. The van der Waals surface area contributed by atoms with E-state index in [1.165, 1.54) is 0 Å². The fourth-order valence-electron chi connectivity index (χ4n) is 2.99. The van der Waals surface area contributed by atoms with Crippen LogP contribution in [0.1, 0.15) is 30.1 Å². The van der Waals surface area contributed by atoms with Crippen molar-refractivity contribution >= 4 is 11.8 Å². The molecule has 24 heavy (non-hydrogen) atoms. The molecular formula is C19H23N3O2. The predicted molar refractivity (Wildman–Crippen MR) is 93.9 cm³/mol. The van der Waals surface area contributed by atoms with Crippen LogP contribution >= 0.6 is 0 Å². The van der Waals surface area contributed by atoms with Crippen molar-refractivity contribution in [3.63, 3.8) is 0 Å². The van der Waals surface area contributed by atoms with Gasteiger partial charge in [0.25, 0.3) is 0 Å². The Bertz CT molecular complexity index is 669. The molecule has 1 aliphatic rings. The molecule has 2 aromatic rings. The molecule has 2 atom stereocenters. The predicted octanol–water partition coefficient (Wildman–Crippen LogP) is 3.68. The zero-order chi connectivity index (χ0) is 16.8. The third kappa shape index (κ3) is 4.55. The van der Waals surface area contributed by atoms with Crippen molar-refractivity contribution in [2.45, 2.75) is 25.8 Å². The van der Waals surface area contributed by atoms with Gasteiger partial charge < -0.3 is 10.1 Å². The number of urea groups is 1. The van der Waals surface area contributed by atoms with Gasteiger partial charge in [-0.3, -0.25) is 5.32 Å². The van der Waals surface area contributed by atoms with Crippen LogP contribution in [0.25, 0.3) is 0 Å². The van der Waals surface area contributed by atoms with E-state index in [1.54, 1.807) is 6.07 Å². The number of aromatic nitrogens is 1. The van der Waals surface area contributed by atoms with Crippen molar-refractivity contribution in [1.82, 2.24) is 10.3 Å². The van der Waals surface area contributed by atoms with Gasteiger partial charge in [-0.2, -0.15) is 0 Å². The number of carbonyl (C=O) groups is 1. The average molecular weight is 325 g/mol. The van der Waals surface area contributed by atoms with Crippen LogP contribution < -0.4 is 10.6 Å². The van der Waals surface area contributed by atoms with E-state index in [9.17, 15) is 4.79 Å². The Morgan fingerprint density at radius 1 is 1.25 bits per heavy atom. The number of pyridine rings is 1. The number of nitrogens with one attached hydrogen (secondary N) is 2. The third-order valence-corrected chi connectivity index (χ3v) is 4.23. The maximum Gasteiger partial charge on any atom is 0.320 e. The first-order chi connectivity index (χ1) is 11.7. The van der Waals surface area contributed by atoms with Crippen LogP contribution in [0.4, 0.5) is 10.6 Å². The maximum absolute atomic E-state index is 12.4. The summed E-state index contributed by atoms with van der Waals surface area (Å²) in [6.07, 6.45) is 1.92. The molecule has 1 saturated heterocycles. The van der Waals surface area contributed by atoms with Crippen molar-refractivity contribution in [3.8, 4) is 0 Å². The highest BCUT2D eigenvalue weighted by atomic mass is 16.5. The highest BCUT2D eigenvalue weighted by molar-refractivity contribution is 5.88. The van der Waals surface area contributed by atoms with E-state index in [0.717, 1.165) is 37.3 Å². The molecule has 0 bridgehead atoms. The summed E-state index contributed by atoms with van der Waals surface area (Å²) in [4.78, 5) is 16.7. The third-order valence-electron chi connectivity index (χ3n) is 4.23. The van der Waals surface area contributed by atoms with Gasteiger partial charge in [-0.1, -0.05) is 36.4 Å². The van der Waals surface area contributed by atoms with Crippen LogP contribution in [0.2, 0.25) is 0 Å². The number of nitrogens with zero attached hydrogens (tertiary/aromatic N) is 1. The number of hydrogen-bond acceptors (Lipinski definition) is 3. The molecule has 1 fully saturated rings. The molecule has 1 aromatic carbocycles. The molecule has 5 heteroatoms. The molecule has 2 heterocycles. The molecule has 0 spiro atoms. The van der Waals surface area contributed by atoms with Crippen molar-refractivity contribution in [2.75, 3.05) is 18.5 Å². The Kier molecular flexibility index (Phi) is 5.43. The summed E-state index contributed by atoms with van der Waals surface area (Å²) in [7, 11) is 0. The van der Waals surface area contributed by atoms with Crippen molar-refractivity contribution in [1.29, 1.82) is 0 Å². The largest absolute Gasteiger partial charge is 0.381 e. The quantitative estimate of drug-likeness (QED) is 0.881. The van der Waals surface area contributed by atoms with E-state index in [2.05, 4.69) is 15.6 Å². The number of hydrogen-bond donors (Lipinski definition) is 2. The van der Waals surface area contributed by atoms with Crippen LogP contribution in [0.5, 0.6) is 0 Å². The van der Waals surface area contributed by atoms with E-state index < -0.39 is 0 Å². The number of anilines is 1. The molecule has 0 unspecified atom stereocenters. The summed E-state index contributed by atoms with van der Waals surface area (Å²) in [5.41, 5.74) is 1.98. The summed E-state index contributed by atoms with van der Waals surface area (Å²) in [5, 5.41) is 5.90. The Hall–Kier alpha value is -2.40. The van der Waals surface area contributed by atoms with E-state index in [1.807, 2.05) is 49.4 Å². The summed E-state index contributed by atoms with van der Waals surface area (Å²) in [6.45, 7) is 3.48.